The molecule has 0 saturated heterocycles. The van der Waals surface area contributed by atoms with Crippen molar-refractivity contribution >= 4 is 0 Å². The van der Waals surface area contributed by atoms with Crippen molar-refractivity contribution in [2.45, 2.75) is 45.8 Å². The lowest BCUT2D eigenvalue weighted by molar-refractivity contribution is 0.387. The Balaban J connectivity index is 2.23. The molecule has 0 bridgehead atoms. The van der Waals surface area contributed by atoms with Gasteiger partial charge >= 0.3 is 0 Å². The molecule has 1 atom stereocenters. The first-order valence-corrected chi connectivity index (χ1v) is 6.00. The van der Waals surface area contributed by atoms with E-state index in [9.17, 15) is 0 Å². The summed E-state index contributed by atoms with van der Waals surface area (Å²) < 4.78 is 0. The van der Waals surface area contributed by atoms with E-state index in [4.69, 9.17) is 0 Å². The molecule has 1 aromatic carbocycles. The van der Waals surface area contributed by atoms with Crippen molar-refractivity contribution in [1.82, 2.24) is 10.6 Å². The van der Waals surface area contributed by atoms with Gasteiger partial charge in [-0.25, -0.2) is 0 Å². The molecule has 0 spiro atoms. The first-order valence-electron chi connectivity index (χ1n) is 6.00. The fourth-order valence-electron chi connectivity index (χ4n) is 1.42. The van der Waals surface area contributed by atoms with E-state index in [1.54, 1.807) is 0 Å². The van der Waals surface area contributed by atoms with Gasteiger partial charge in [-0.15, -0.1) is 0 Å². The van der Waals surface area contributed by atoms with Gasteiger partial charge in [0.15, 0.2) is 0 Å². The number of benzene rings is 1. The number of hydrogen-bond donors (Lipinski definition) is 2. The molecular formula is C14H24N2. The maximum atomic E-state index is 3.51. The Morgan fingerprint density at radius 2 is 1.75 bits per heavy atom. The van der Waals surface area contributed by atoms with Crippen LogP contribution in [-0.4, -0.2) is 18.1 Å². The quantitative estimate of drug-likeness (QED) is 0.797. The number of rotatable bonds is 5. The molecule has 0 fully saturated rings. The standard InChI is InChI=1S/C14H24N2/c1-12(10-16-14(2,3)4)15-11-13-8-6-5-7-9-13/h5-9,12,15-16H,10-11H2,1-4H3. The molecule has 1 unspecified atom stereocenters. The van der Waals surface area contributed by atoms with Crippen LogP contribution in [0.1, 0.15) is 33.3 Å². The summed E-state index contributed by atoms with van der Waals surface area (Å²) in [7, 11) is 0. The average Bonchev–Trinajstić information content (AvgIpc) is 2.24. The van der Waals surface area contributed by atoms with Crippen LogP contribution in [0.15, 0.2) is 30.3 Å². The van der Waals surface area contributed by atoms with Gasteiger partial charge in [0.25, 0.3) is 0 Å². The van der Waals surface area contributed by atoms with Crippen LogP contribution in [0, 0.1) is 0 Å². The highest BCUT2D eigenvalue weighted by Crippen LogP contribution is 2.00. The van der Waals surface area contributed by atoms with Crippen LogP contribution in [0.2, 0.25) is 0 Å². The van der Waals surface area contributed by atoms with Crippen LogP contribution in [0.25, 0.3) is 0 Å². The Morgan fingerprint density at radius 1 is 1.12 bits per heavy atom. The fraction of sp³-hybridized carbons (Fsp3) is 0.571. The van der Waals surface area contributed by atoms with Crippen LogP contribution in [-0.2, 0) is 6.54 Å². The van der Waals surface area contributed by atoms with E-state index < -0.39 is 0 Å². The number of nitrogens with one attached hydrogen (secondary N) is 2. The fourth-order valence-corrected chi connectivity index (χ4v) is 1.42. The first-order chi connectivity index (χ1) is 7.47. The molecule has 0 aliphatic carbocycles. The van der Waals surface area contributed by atoms with Gasteiger partial charge in [-0.05, 0) is 33.3 Å². The van der Waals surface area contributed by atoms with Gasteiger partial charge in [0.05, 0.1) is 0 Å². The van der Waals surface area contributed by atoms with Crippen molar-refractivity contribution in [3.8, 4) is 0 Å². The molecule has 0 aliphatic heterocycles. The lowest BCUT2D eigenvalue weighted by Crippen LogP contribution is -2.44. The molecule has 0 heterocycles. The summed E-state index contributed by atoms with van der Waals surface area (Å²) in [6.45, 7) is 10.7. The molecule has 0 aliphatic rings. The molecule has 1 rings (SSSR count). The SMILES string of the molecule is CC(CNC(C)(C)C)NCc1ccccc1. The molecule has 0 amide bonds. The van der Waals surface area contributed by atoms with E-state index in [0.717, 1.165) is 13.1 Å². The van der Waals surface area contributed by atoms with Gasteiger partial charge in [0, 0.05) is 24.7 Å². The van der Waals surface area contributed by atoms with E-state index in [-0.39, 0.29) is 5.54 Å². The van der Waals surface area contributed by atoms with E-state index in [1.165, 1.54) is 5.56 Å². The third kappa shape index (κ3) is 5.89. The lowest BCUT2D eigenvalue weighted by atomic mass is 10.1. The van der Waals surface area contributed by atoms with Gasteiger partial charge in [0.2, 0.25) is 0 Å². The summed E-state index contributed by atoms with van der Waals surface area (Å²) in [6, 6.07) is 11.0. The van der Waals surface area contributed by atoms with Crippen molar-refractivity contribution < 1.29 is 0 Å². The summed E-state index contributed by atoms with van der Waals surface area (Å²) in [5.74, 6) is 0. The van der Waals surface area contributed by atoms with Crippen LogP contribution in [0.4, 0.5) is 0 Å². The molecule has 0 saturated carbocycles. The number of hydrogen-bond acceptors (Lipinski definition) is 2. The minimum atomic E-state index is 0.197. The molecule has 16 heavy (non-hydrogen) atoms. The molecule has 0 aromatic heterocycles. The van der Waals surface area contributed by atoms with Gasteiger partial charge in [-0.3, -0.25) is 0 Å². The van der Waals surface area contributed by atoms with Crippen LogP contribution >= 0.6 is 0 Å². The zero-order valence-corrected chi connectivity index (χ0v) is 10.9. The van der Waals surface area contributed by atoms with Crippen molar-refractivity contribution in [3.05, 3.63) is 35.9 Å². The van der Waals surface area contributed by atoms with E-state index in [2.05, 4.69) is 62.6 Å². The van der Waals surface area contributed by atoms with Crippen molar-refractivity contribution in [1.29, 1.82) is 0 Å². The second kappa shape index (κ2) is 6.02. The Morgan fingerprint density at radius 3 is 2.31 bits per heavy atom. The minimum Gasteiger partial charge on any atom is -0.311 e. The summed E-state index contributed by atoms with van der Waals surface area (Å²) >= 11 is 0. The second-order valence-electron chi connectivity index (χ2n) is 5.40. The molecular weight excluding hydrogens is 196 g/mol. The predicted molar refractivity (Wildman–Crippen MR) is 70.5 cm³/mol. The molecule has 2 nitrogen and oxygen atoms in total. The molecule has 0 radical (unpaired) electrons. The van der Waals surface area contributed by atoms with E-state index in [0.29, 0.717) is 6.04 Å². The van der Waals surface area contributed by atoms with E-state index in [1.807, 2.05) is 6.07 Å². The molecule has 1 aromatic rings. The van der Waals surface area contributed by atoms with Gasteiger partial charge in [-0.1, -0.05) is 30.3 Å². The van der Waals surface area contributed by atoms with Crippen LogP contribution in [0.3, 0.4) is 0 Å². The normalized spacial score (nSPS) is 13.8. The highest BCUT2D eigenvalue weighted by atomic mass is 15.0. The Labute approximate surface area is 99.5 Å². The van der Waals surface area contributed by atoms with E-state index >= 15 is 0 Å². The monoisotopic (exact) mass is 220 g/mol. The lowest BCUT2D eigenvalue weighted by Gasteiger charge is -2.24. The van der Waals surface area contributed by atoms with Gasteiger partial charge in [-0.2, -0.15) is 0 Å². The highest BCUT2D eigenvalue weighted by Gasteiger charge is 2.10. The second-order valence-corrected chi connectivity index (χ2v) is 5.40. The van der Waals surface area contributed by atoms with Crippen LogP contribution in [0.5, 0.6) is 0 Å². The van der Waals surface area contributed by atoms with Crippen molar-refractivity contribution in [2.24, 2.45) is 0 Å². The third-order valence-corrected chi connectivity index (χ3v) is 2.44. The minimum absolute atomic E-state index is 0.197. The smallest absolute Gasteiger partial charge is 0.0208 e. The Bertz CT molecular complexity index is 287. The zero-order chi connectivity index (χ0) is 12.0. The summed E-state index contributed by atoms with van der Waals surface area (Å²) in [5.41, 5.74) is 1.54. The highest BCUT2D eigenvalue weighted by molar-refractivity contribution is 5.14. The van der Waals surface area contributed by atoms with Gasteiger partial charge < -0.3 is 10.6 Å². The van der Waals surface area contributed by atoms with Gasteiger partial charge in [0.1, 0.15) is 0 Å². The predicted octanol–water partition coefficient (Wildman–Crippen LogP) is 2.55. The van der Waals surface area contributed by atoms with Crippen LogP contribution < -0.4 is 10.6 Å². The Kier molecular flexibility index (Phi) is 4.97. The zero-order valence-electron chi connectivity index (χ0n) is 10.9. The summed E-state index contributed by atoms with van der Waals surface area (Å²) in [6.07, 6.45) is 0. The summed E-state index contributed by atoms with van der Waals surface area (Å²) in [5, 5.41) is 7.00. The van der Waals surface area contributed by atoms with Crippen molar-refractivity contribution in [2.75, 3.05) is 6.54 Å². The third-order valence-electron chi connectivity index (χ3n) is 2.44. The Hall–Kier alpha value is -0.860. The average molecular weight is 220 g/mol. The molecule has 2 N–H and O–H groups in total. The largest absolute Gasteiger partial charge is 0.311 e. The van der Waals surface area contributed by atoms with Crippen molar-refractivity contribution in [3.63, 3.8) is 0 Å². The first kappa shape index (κ1) is 13.2. The maximum absolute atomic E-state index is 3.51. The molecule has 2 heteroatoms. The topological polar surface area (TPSA) is 24.1 Å². The maximum Gasteiger partial charge on any atom is 0.0208 e. The molecule has 90 valence electrons. The summed E-state index contributed by atoms with van der Waals surface area (Å²) in [4.78, 5) is 0.